The minimum Gasteiger partial charge on any atom is -0.478 e. The van der Waals surface area contributed by atoms with E-state index in [1.807, 2.05) is 12.1 Å². The maximum absolute atomic E-state index is 12.7. The number of carbonyl (C=O) groups excluding carboxylic acids is 2. The molecule has 0 atom stereocenters. The van der Waals surface area contributed by atoms with Crippen LogP contribution in [-0.2, 0) is 19.1 Å². The van der Waals surface area contributed by atoms with Crippen LogP contribution in [0.25, 0.3) is 10.8 Å². The third kappa shape index (κ3) is 6.20. The molecule has 0 spiro atoms. The molecule has 0 fully saturated rings. The van der Waals surface area contributed by atoms with E-state index >= 15 is 0 Å². The Hall–Kier alpha value is -3.09. The second-order valence-corrected chi connectivity index (χ2v) is 8.69. The molecule has 0 aliphatic carbocycles. The number of fused-ring (bicyclic) bond motifs is 1. The van der Waals surface area contributed by atoms with Crippen LogP contribution in [0.4, 0.5) is 5.69 Å². The summed E-state index contributed by atoms with van der Waals surface area (Å²) in [4.78, 5) is 37.2. The number of aromatic carboxylic acids is 1. The Morgan fingerprint density at radius 2 is 1.31 bits per heavy atom. The van der Waals surface area contributed by atoms with Gasteiger partial charge >= 0.3 is 17.9 Å². The third-order valence-corrected chi connectivity index (χ3v) is 3.70. The van der Waals surface area contributed by atoms with Gasteiger partial charge in [-0.15, -0.1) is 0 Å². The van der Waals surface area contributed by atoms with Crippen molar-refractivity contribution in [1.82, 2.24) is 0 Å². The number of ether oxygens (including phenoxy) is 2. The van der Waals surface area contributed by atoms with Crippen molar-refractivity contribution in [3.05, 3.63) is 42.0 Å². The Bertz CT molecular complexity index is 908. The van der Waals surface area contributed by atoms with Crippen LogP contribution in [0.5, 0.6) is 0 Å². The predicted octanol–water partition coefficient (Wildman–Crippen LogP) is 4.00. The Morgan fingerprint density at radius 1 is 0.862 bits per heavy atom. The highest BCUT2D eigenvalue weighted by Crippen LogP contribution is 2.26. The van der Waals surface area contributed by atoms with Crippen LogP contribution in [0.15, 0.2) is 36.4 Å². The fourth-order valence-electron chi connectivity index (χ4n) is 2.63. The molecule has 0 radical (unpaired) electrons. The summed E-state index contributed by atoms with van der Waals surface area (Å²) < 4.78 is 10.7. The van der Waals surface area contributed by atoms with E-state index in [0.717, 1.165) is 10.8 Å². The molecule has 2 N–H and O–H groups in total. The Kier molecular flexibility index (Phi) is 6.21. The van der Waals surface area contributed by atoms with Gasteiger partial charge in [0.2, 0.25) is 6.04 Å². The molecule has 29 heavy (non-hydrogen) atoms. The quantitative estimate of drug-likeness (QED) is 0.577. The summed E-state index contributed by atoms with van der Waals surface area (Å²) in [5.74, 6) is -2.89. The maximum Gasteiger partial charge on any atom is 0.340 e. The third-order valence-electron chi connectivity index (χ3n) is 3.70. The lowest BCUT2D eigenvalue weighted by Crippen LogP contribution is -2.45. The molecule has 0 saturated carbocycles. The number of carboxylic acid groups (broad SMARTS) is 1. The highest BCUT2D eigenvalue weighted by molar-refractivity contribution is 6.06. The largest absolute Gasteiger partial charge is 0.478 e. The van der Waals surface area contributed by atoms with Gasteiger partial charge in [0.15, 0.2) is 0 Å². The molecule has 0 amide bonds. The molecule has 0 aliphatic rings. The van der Waals surface area contributed by atoms with E-state index in [9.17, 15) is 19.5 Å². The minimum absolute atomic E-state index is 0.0687. The standard InChI is InChI=1S/C22H27NO6/c1-21(2,3)28-19(26)17(20(27)29-22(4,5)6)23-16-12-14-10-8-7-9-13(14)11-15(16)18(24)25/h7-12,17,23H,1-6H3,(H,24,25). The summed E-state index contributed by atoms with van der Waals surface area (Å²) >= 11 is 0. The van der Waals surface area contributed by atoms with Crippen LogP contribution in [0.1, 0.15) is 51.9 Å². The van der Waals surface area contributed by atoms with Crippen molar-refractivity contribution in [2.24, 2.45) is 0 Å². The summed E-state index contributed by atoms with van der Waals surface area (Å²) in [5.41, 5.74) is -1.62. The Balaban J connectivity index is 2.49. The summed E-state index contributed by atoms with van der Waals surface area (Å²) in [7, 11) is 0. The van der Waals surface area contributed by atoms with Gasteiger partial charge in [0, 0.05) is 0 Å². The van der Waals surface area contributed by atoms with Gasteiger partial charge in [-0.2, -0.15) is 0 Å². The molecule has 156 valence electrons. The summed E-state index contributed by atoms with van der Waals surface area (Å²) in [6, 6.07) is 8.75. The average molecular weight is 401 g/mol. The van der Waals surface area contributed by atoms with E-state index in [0.29, 0.717) is 0 Å². The van der Waals surface area contributed by atoms with Gasteiger partial charge in [-0.3, -0.25) is 0 Å². The zero-order valence-corrected chi connectivity index (χ0v) is 17.5. The van der Waals surface area contributed by atoms with Gasteiger partial charge in [-0.05, 0) is 64.4 Å². The fourth-order valence-corrected chi connectivity index (χ4v) is 2.63. The molecule has 0 unspecified atom stereocenters. The molecule has 7 heteroatoms. The van der Waals surface area contributed by atoms with Crippen molar-refractivity contribution >= 4 is 34.4 Å². The van der Waals surface area contributed by atoms with Gasteiger partial charge in [0.1, 0.15) is 11.2 Å². The van der Waals surface area contributed by atoms with Crippen LogP contribution in [0.3, 0.4) is 0 Å². The average Bonchev–Trinajstić information content (AvgIpc) is 2.55. The highest BCUT2D eigenvalue weighted by Gasteiger charge is 2.35. The number of carboxylic acids is 1. The smallest absolute Gasteiger partial charge is 0.340 e. The summed E-state index contributed by atoms with van der Waals surface area (Å²) in [6.45, 7) is 10.1. The lowest BCUT2D eigenvalue weighted by molar-refractivity contribution is -0.167. The predicted molar refractivity (Wildman–Crippen MR) is 110 cm³/mol. The zero-order chi connectivity index (χ0) is 22.0. The van der Waals surface area contributed by atoms with Crippen molar-refractivity contribution in [2.45, 2.75) is 58.8 Å². The van der Waals surface area contributed by atoms with Crippen molar-refractivity contribution < 1.29 is 29.0 Å². The number of hydrogen-bond acceptors (Lipinski definition) is 6. The molecular weight excluding hydrogens is 374 g/mol. The van der Waals surface area contributed by atoms with Crippen molar-refractivity contribution in [3.63, 3.8) is 0 Å². The first-order valence-corrected chi connectivity index (χ1v) is 9.25. The van der Waals surface area contributed by atoms with E-state index in [1.165, 1.54) is 6.07 Å². The van der Waals surface area contributed by atoms with Gasteiger partial charge in [0.25, 0.3) is 0 Å². The van der Waals surface area contributed by atoms with Crippen molar-refractivity contribution in [1.29, 1.82) is 0 Å². The van der Waals surface area contributed by atoms with Crippen LogP contribution in [0, 0.1) is 0 Å². The van der Waals surface area contributed by atoms with E-state index in [4.69, 9.17) is 9.47 Å². The molecule has 0 heterocycles. The highest BCUT2D eigenvalue weighted by atomic mass is 16.6. The molecule has 0 bridgehead atoms. The Labute approximate surface area is 170 Å². The minimum atomic E-state index is -1.52. The number of anilines is 1. The number of carbonyl (C=O) groups is 3. The van der Waals surface area contributed by atoms with Crippen molar-refractivity contribution in [3.8, 4) is 0 Å². The van der Waals surface area contributed by atoms with E-state index in [1.54, 1.807) is 59.7 Å². The van der Waals surface area contributed by atoms with Gasteiger partial charge in [-0.25, -0.2) is 14.4 Å². The first-order chi connectivity index (χ1) is 13.3. The lowest BCUT2D eigenvalue weighted by Gasteiger charge is -2.27. The first kappa shape index (κ1) is 22.2. The number of rotatable bonds is 5. The van der Waals surface area contributed by atoms with Gasteiger partial charge in [-0.1, -0.05) is 24.3 Å². The number of nitrogens with one attached hydrogen (secondary N) is 1. The second kappa shape index (κ2) is 8.11. The fraction of sp³-hybridized carbons (Fsp3) is 0.409. The topological polar surface area (TPSA) is 102 Å². The van der Waals surface area contributed by atoms with E-state index < -0.39 is 35.2 Å². The molecule has 7 nitrogen and oxygen atoms in total. The van der Waals surface area contributed by atoms with Crippen LogP contribution in [0.2, 0.25) is 0 Å². The molecule has 0 aliphatic heterocycles. The SMILES string of the molecule is CC(C)(C)OC(=O)C(Nc1cc2ccccc2cc1C(=O)O)C(=O)OC(C)(C)C. The number of benzene rings is 2. The number of hydrogen-bond donors (Lipinski definition) is 2. The van der Waals surface area contributed by atoms with E-state index in [2.05, 4.69) is 5.32 Å². The monoisotopic (exact) mass is 401 g/mol. The normalized spacial score (nSPS) is 12.0. The van der Waals surface area contributed by atoms with E-state index in [-0.39, 0.29) is 11.3 Å². The first-order valence-electron chi connectivity index (χ1n) is 9.25. The molecular formula is C22H27NO6. The Morgan fingerprint density at radius 3 is 1.72 bits per heavy atom. The second-order valence-electron chi connectivity index (χ2n) is 8.69. The summed E-state index contributed by atoms with van der Waals surface area (Å²) in [6.07, 6.45) is 0. The molecule has 2 rings (SSSR count). The molecule has 2 aromatic carbocycles. The molecule has 0 aromatic heterocycles. The molecule has 0 saturated heterocycles. The zero-order valence-electron chi connectivity index (χ0n) is 17.5. The van der Waals surface area contributed by atoms with Gasteiger partial charge in [0.05, 0.1) is 11.3 Å². The summed E-state index contributed by atoms with van der Waals surface area (Å²) in [5, 5.41) is 13.8. The number of esters is 2. The van der Waals surface area contributed by atoms with Crippen LogP contribution < -0.4 is 5.32 Å². The molecule has 2 aromatic rings. The lowest BCUT2D eigenvalue weighted by atomic mass is 10.0. The van der Waals surface area contributed by atoms with Gasteiger partial charge < -0.3 is 19.9 Å². The van der Waals surface area contributed by atoms with Crippen LogP contribution in [-0.4, -0.2) is 40.3 Å². The maximum atomic E-state index is 12.7. The van der Waals surface area contributed by atoms with Crippen molar-refractivity contribution in [2.75, 3.05) is 5.32 Å². The van der Waals surface area contributed by atoms with Crippen LogP contribution >= 0.6 is 0 Å².